The molecule has 184 valence electrons. The summed E-state index contributed by atoms with van der Waals surface area (Å²) in [6.07, 6.45) is 15.2. The molecule has 2 heteroatoms. The molecule has 0 aliphatic heterocycles. The summed E-state index contributed by atoms with van der Waals surface area (Å²) in [6.45, 7) is 8.78. The number of carbonyl (C=O) groups excluding carboxylic acids is 2. The summed E-state index contributed by atoms with van der Waals surface area (Å²) in [5, 5.41) is 0. The number of aldehydes is 2. The zero-order valence-electron chi connectivity index (χ0n) is 21.8. The molecule has 4 unspecified atom stereocenters. The molecule has 0 amide bonds. The second-order valence-electron chi connectivity index (χ2n) is 10.6. The normalized spacial score (nSPS) is 24.6. The fraction of sp³-hybridized carbons (Fsp3) is 0.562. The maximum atomic E-state index is 11.0. The van der Waals surface area contributed by atoms with Crippen molar-refractivity contribution in [2.45, 2.75) is 104 Å². The third kappa shape index (κ3) is 6.26. The SMILES string of the molecule is CCC1CCCC(c2cccc(C=O)c2C)C1.CCC1CCCCC1c1cccc(C=O)c1C. The highest BCUT2D eigenvalue weighted by molar-refractivity contribution is 5.78. The van der Waals surface area contributed by atoms with Gasteiger partial charge in [0.1, 0.15) is 12.6 Å². The lowest BCUT2D eigenvalue weighted by Gasteiger charge is -2.32. The van der Waals surface area contributed by atoms with Crippen molar-refractivity contribution < 1.29 is 9.59 Å². The lowest BCUT2D eigenvalue weighted by atomic mass is 9.73. The first-order valence-electron chi connectivity index (χ1n) is 13.6. The van der Waals surface area contributed by atoms with Crippen molar-refractivity contribution in [3.05, 3.63) is 69.8 Å². The number of rotatable bonds is 6. The van der Waals surface area contributed by atoms with Crippen LogP contribution in [0.25, 0.3) is 0 Å². The molecule has 4 atom stereocenters. The van der Waals surface area contributed by atoms with E-state index in [2.05, 4.69) is 39.8 Å². The highest BCUT2D eigenvalue weighted by Gasteiger charge is 2.26. The molecule has 0 spiro atoms. The number of hydrogen-bond donors (Lipinski definition) is 0. The van der Waals surface area contributed by atoms with Gasteiger partial charge in [0.05, 0.1) is 0 Å². The first-order valence-corrected chi connectivity index (χ1v) is 13.6. The minimum atomic E-state index is 0.675. The maximum absolute atomic E-state index is 11.0. The largest absolute Gasteiger partial charge is 0.298 e. The predicted octanol–water partition coefficient (Wildman–Crippen LogP) is 8.98. The lowest BCUT2D eigenvalue weighted by molar-refractivity contribution is 0.111. The van der Waals surface area contributed by atoms with Gasteiger partial charge < -0.3 is 0 Å². The molecular weight excluding hydrogens is 416 g/mol. The van der Waals surface area contributed by atoms with E-state index in [-0.39, 0.29) is 0 Å². The topological polar surface area (TPSA) is 34.1 Å². The zero-order chi connectivity index (χ0) is 24.5. The van der Waals surface area contributed by atoms with Gasteiger partial charge in [-0.25, -0.2) is 0 Å². The van der Waals surface area contributed by atoms with Crippen molar-refractivity contribution in [2.24, 2.45) is 11.8 Å². The van der Waals surface area contributed by atoms with E-state index < -0.39 is 0 Å². The molecule has 0 aromatic heterocycles. The van der Waals surface area contributed by atoms with E-state index in [0.717, 1.165) is 35.5 Å². The van der Waals surface area contributed by atoms with Gasteiger partial charge in [0.15, 0.2) is 0 Å². The van der Waals surface area contributed by atoms with Crippen molar-refractivity contribution in [2.75, 3.05) is 0 Å². The molecule has 2 aliphatic carbocycles. The summed E-state index contributed by atoms with van der Waals surface area (Å²) in [5.41, 5.74) is 6.95. The molecule has 34 heavy (non-hydrogen) atoms. The van der Waals surface area contributed by atoms with Crippen molar-refractivity contribution in [3.8, 4) is 0 Å². The zero-order valence-corrected chi connectivity index (χ0v) is 21.8. The van der Waals surface area contributed by atoms with Crippen LogP contribution in [0.3, 0.4) is 0 Å². The van der Waals surface area contributed by atoms with E-state index in [1.807, 2.05) is 24.3 Å². The summed E-state index contributed by atoms with van der Waals surface area (Å²) in [6, 6.07) is 12.3. The minimum absolute atomic E-state index is 0.675. The standard InChI is InChI=1S/2C16H22O/c1-3-13-6-4-7-14(10-13)16-9-5-8-15(11-17)12(16)2;1-3-13-7-4-5-9-16(13)15-10-6-8-14(11-17)12(15)2/h5,8-9,11,13-14H,3-4,6-7,10H2,1-2H3;6,8,10-11,13,16H,3-5,7,9H2,1-2H3. The first-order chi connectivity index (χ1) is 16.5. The van der Waals surface area contributed by atoms with Crippen molar-refractivity contribution in [1.82, 2.24) is 0 Å². The van der Waals surface area contributed by atoms with E-state index in [1.165, 1.54) is 86.5 Å². The summed E-state index contributed by atoms with van der Waals surface area (Å²) < 4.78 is 0. The Morgan fingerprint density at radius 2 is 1.35 bits per heavy atom. The van der Waals surface area contributed by atoms with Crippen LogP contribution in [0.1, 0.15) is 133 Å². The van der Waals surface area contributed by atoms with Gasteiger partial charge in [-0.05, 0) is 85.5 Å². The molecule has 2 fully saturated rings. The Hall–Kier alpha value is -2.22. The third-order valence-electron chi connectivity index (χ3n) is 8.72. The van der Waals surface area contributed by atoms with Crippen molar-refractivity contribution in [3.63, 3.8) is 0 Å². The van der Waals surface area contributed by atoms with E-state index >= 15 is 0 Å². The van der Waals surface area contributed by atoms with Crippen LogP contribution in [0.4, 0.5) is 0 Å². The summed E-state index contributed by atoms with van der Waals surface area (Å²) in [5.74, 6) is 3.04. The molecule has 0 heterocycles. The van der Waals surface area contributed by atoms with Crippen LogP contribution in [0.5, 0.6) is 0 Å². The van der Waals surface area contributed by atoms with Gasteiger partial charge >= 0.3 is 0 Å². The van der Waals surface area contributed by atoms with Crippen molar-refractivity contribution >= 4 is 12.6 Å². The molecule has 0 N–H and O–H groups in total. The summed E-state index contributed by atoms with van der Waals surface area (Å²) >= 11 is 0. The van der Waals surface area contributed by atoms with Gasteiger partial charge in [-0.1, -0.05) is 88.8 Å². The van der Waals surface area contributed by atoms with Crippen LogP contribution in [-0.2, 0) is 0 Å². The number of hydrogen-bond acceptors (Lipinski definition) is 2. The van der Waals surface area contributed by atoms with Gasteiger partial charge in [-0.2, -0.15) is 0 Å². The number of carbonyl (C=O) groups is 2. The monoisotopic (exact) mass is 460 g/mol. The second-order valence-corrected chi connectivity index (χ2v) is 10.6. The predicted molar refractivity (Wildman–Crippen MR) is 143 cm³/mol. The maximum Gasteiger partial charge on any atom is 0.150 e. The quantitative estimate of drug-likeness (QED) is 0.403. The van der Waals surface area contributed by atoms with E-state index in [0.29, 0.717) is 11.8 Å². The molecule has 2 aromatic carbocycles. The Balaban J connectivity index is 0.000000191. The molecule has 2 aromatic rings. The first kappa shape index (κ1) is 26.4. The highest BCUT2D eigenvalue weighted by Crippen LogP contribution is 2.41. The molecular formula is C32H44O2. The molecule has 0 saturated heterocycles. The van der Waals surface area contributed by atoms with Crippen LogP contribution in [-0.4, -0.2) is 12.6 Å². The van der Waals surface area contributed by atoms with Gasteiger partial charge in [0.2, 0.25) is 0 Å². The Bertz CT molecular complexity index is 944. The molecule has 0 radical (unpaired) electrons. The molecule has 0 bridgehead atoms. The Labute approximate surface area is 207 Å². The average molecular weight is 461 g/mol. The molecule has 2 aliphatic rings. The second kappa shape index (κ2) is 13.0. The van der Waals surface area contributed by atoms with Crippen LogP contribution in [0.2, 0.25) is 0 Å². The summed E-state index contributed by atoms with van der Waals surface area (Å²) in [4.78, 5) is 22.0. The summed E-state index contributed by atoms with van der Waals surface area (Å²) in [7, 11) is 0. The van der Waals surface area contributed by atoms with Gasteiger partial charge in [0.25, 0.3) is 0 Å². The van der Waals surface area contributed by atoms with Crippen LogP contribution >= 0.6 is 0 Å². The van der Waals surface area contributed by atoms with Crippen LogP contribution < -0.4 is 0 Å². The lowest BCUT2D eigenvalue weighted by Crippen LogP contribution is -2.18. The Kier molecular flexibility index (Phi) is 10.1. The Morgan fingerprint density at radius 3 is 1.97 bits per heavy atom. The fourth-order valence-corrected chi connectivity index (χ4v) is 6.49. The van der Waals surface area contributed by atoms with Gasteiger partial charge in [-0.3, -0.25) is 9.59 Å². The Morgan fingerprint density at radius 1 is 0.735 bits per heavy atom. The molecule has 4 rings (SSSR count). The molecule has 2 nitrogen and oxygen atoms in total. The van der Waals surface area contributed by atoms with Gasteiger partial charge in [-0.15, -0.1) is 0 Å². The third-order valence-corrected chi connectivity index (χ3v) is 8.72. The van der Waals surface area contributed by atoms with E-state index in [1.54, 1.807) is 0 Å². The highest BCUT2D eigenvalue weighted by atomic mass is 16.1. The fourth-order valence-electron chi connectivity index (χ4n) is 6.49. The smallest absolute Gasteiger partial charge is 0.150 e. The van der Waals surface area contributed by atoms with Crippen LogP contribution in [0, 0.1) is 25.7 Å². The van der Waals surface area contributed by atoms with Gasteiger partial charge in [0, 0.05) is 11.1 Å². The van der Waals surface area contributed by atoms with Crippen molar-refractivity contribution in [1.29, 1.82) is 0 Å². The van der Waals surface area contributed by atoms with Crippen LogP contribution in [0.15, 0.2) is 36.4 Å². The minimum Gasteiger partial charge on any atom is -0.298 e. The molecule has 2 saturated carbocycles. The number of benzene rings is 2. The van der Waals surface area contributed by atoms with E-state index in [4.69, 9.17) is 0 Å². The van der Waals surface area contributed by atoms with E-state index in [9.17, 15) is 9.59 Å². The average Bonchev–Trinajstić information content (AvgIpc) is 2.89.